The van der Waals surface area contributed by atoms with Crippen molar-refractivity contribution in [2.24, 2.45) is 5.92 Å². The molecule has 39 heavy (non-hydrogen) atoms. The van der Waals surface area contributed by atoms with Gasteiger partial charge in [-0.1, -0.05) is 31.1 Å². The smallest absolute Gasteiger partial charge is 0.257 e. The van der Waals surface area contributed by atoms with Gasteiger partial charge in [-0.2, -0.15) is 4.98 Å². The molecule has 1 aromatic heterocycles. The summed E-state index contributed by atoms with van der Waals surface area (Å²) in [7, 11) is 1.71. The van der Waals surface area contributed by atoms with Crippen LogP contribution in [0.4, 0.5) is 10.1 Å². The molecule has 0 atom stereocenters. The predicted octanol–water partition coefficient (Wildman–Crippen LogP) is 4.24. The highest BCUT2D eigenvalue weighted by molar-refractivity contribution is 5.87. The van der Waals surface area contributed by atoms with Crippen LogP contribution in [0.25, 0.3) is 11.5 Å². The van der Waals surface area contributed by atoms with Gasteiger partial charge in [-0.05, 0) is 73.6 Å². The van der Waals surface area contributed by atoms with Gasteiger partial charge in [0.15, 0.2) is 5.82 Å². The molecule has 1 aliphatic rings. The minimum absolute atomic E-state index is 0.0137. The second-order valence-corrected chi connectivity index (χ2v) is 10.5. The zero-order valence-corrected chi connectivity index (χ0v) is 23.3. The Hall–Kier alpha value is -3.79. The van der Waals surface area contributed by atoms with E-state index in [0.29, 0.717) is 42.8 Å². The molecule has 0 unspecified atom stereocenters. The summed E-state index contributed by atoms with van der Waals surface area (Å²) in [6, 6.07) is 10.4. The highest BCUT2D eigenvalue weighted by Gasteiger charge is 2.27. The van der Waals surface area contributed by atoms with Crippen LogP contribution in [0.3, 0.4) is 0 Å². The monoisotopic (exact) mass is 536 g/mol. The molecule has 10 heteroatoms. The van der Waals surface area contributed by atoms with E-state index in [1.807, 2.05) is 30.1 Å². The molecule has 1 aliphatic heterocycles. The Morgan fingerprint density at radius 1 is 1.10 bits per heavy atom. The van der Waals surface area contributed by atoms with Crippen LogP contribution < -0.4 is 10.2 Å². The molecule has 4 rings (SSSR count). The summed E-state index contributed by atoms with van der Waals surface area (Å²) in [6.45, 7) is 9.52. The summed E-state index contributed by atoms with van der Waals surface area (Å²) < 4.78 is 19.1. The molecule has 0 spiro atoms. The molecule has 208 valence electrons. The SMILES string of the molecule is Cc1noc(-c2ccc(C)c(N(CC(=O)NCCCC(C)C)CC(=O)N(C)N3Cc4ccc(F)cc4C3)c2)n1. The fourth-order valence-corrected chi connectivity index (χ4v) is 4.67. The van der Waals surface area contributed by atoms with Crippen LogP contribution in [-0.4, -0.2) is 58.7 Å². The van der Waals surface area contributed by atoms with Crippen LogP contribution in [-0.2, 0) is 22.7 Å². The number of hydrogen-bond acceptors (Lipinski definition) is 7. The van der Waals surface area contributed by atoms with Gasteiger partial charge >= 0.3 is 0 Å². The van der Waals surface area contributed by atoms with Crippen LogP contribution in [0.2, 0.25) is 0 Å². The maximum absolute atomic E-state index is 13.7. The lowest BCUT2D eigenvalue weighted by molar-refractivity contribution is -0.145. The Bertz CT molecular complexity index is 1320. The lowest BCUT2D eigenvalue weighted by atomic mass is 10.1. The quantitative estimate of drug-likeness (QED) is 0.366. The topological polar surface area (TPSA) is 94.8 Å². The number of nitrogens with zero attached hydrogens (tertiary/aromatic N) is 5. The van der Waals surface area contributed by atoms with E-state index in [4.69, 9.17) is 4.52 Å². The van der Waals surface area contributed by atoms with Crippen molar-refractivity contribution in [2.75, 3.05) is 31.6 Å². The predicted molar refractivity (Wildman–Crippen MR) is 147 cm³/mol. The number of anilines is 1. The van der Waals surface area contributed by atoms with Crippen molar-refractivity contribution in [3.8, 4) is 11.5 Å². The molecule has 2 amide bonds. The summed E-state index contributed by atoms with van der Waals surface area (Å²) in [5.74, 6) is 0.830. The number of aryl methyl sites for hydroxylation is 2. The number of fused-ring (bicyclic) bond motifs is 1. The average Bonchev–Trinajstić information content (AvgIpc) is 3.51. The third kappa shape index (κ3) is 7.20. The van der Waals surface area contributed by atoms with Crippen LogP contribution in [0, 0.1) is 25.6 Å². The number of benzene rings is 2. The van der Waals surface area contributed by atoms with E-state index in [2.05, 4.69) is 29.3 Å². The Balaban J connectivity index is 1.52. The van der Waals surface area contributed by atoms with Crippen LogP contribution in [0.1, 0.15) is 49.2 Å². The number of rotatable bonds is 11. The number of amides is 2. The number of aromatic nitrogens is 2. The number of likely N-dealkylation sites (N-methyl/N-ethyl adjacent to an activating group) is 1. The van der Waals surface area contributed by atoms with E-state index in [1.54, 1.807) is 29.9 Å². The minimum Gasteiger partial charge on any atom is -0.355 e. The lowest BCUT2D eigenvalue weighted by Crippen LogP contribution is -2.48. The first kappa shape index (κ1) is 28.2. The molecule has 9 nitrogen and oxygen atoms in total. The van der Waals surface area contributed by atoms with Crippen LogP contribution in [0.5, 0.6) is 0 Å². The van der Waals surface area contributed by atoms with E-state index in [0.717, 1.165) is 35.2 Å². The van der Waals surface area contributed by atoms with E-state index in [1.165, 1.54) is 12.1 Å². The number of hydrogen-bond donors (Lipinski definition) is 1. The second kappa shape index (κ2) is 12.4. The first-order valence-corrected chi connectivity index (χ1v) is 13.3. The summed E-state index contributed by atoms with van der Waals surface area (Å²) >= 11 is 0. The molecule has 2 heterocycles. The fraction of sp³-hybridized carbons (Fsp3) is 0.448. The minimum atomic E-state index is -0.290. The van der Waals surface area contributed by atoms with Gasteiger partial charge in [0, 0.05) is 37.9 Å². The Labute approximate surface area is 228 Å². The first-order valence-electron chi connectivity index (χ1n) is 13.3. The van der Waals surface area contributed by atoms with Gasteiger partial charge in [0.2, 0.25) is 5.91 Å². The van der Waals surface area contributed by atoms with E-state index in [9.17, 15) is 14.0 Å². The Kier molecular flexibility index (Phi) is 8.96. The second-order valence-electron chi connectivity index (χ2n) is 10.5. The molecule has 1 N–H and O–H groups in total. The highest BCUT2D eigenvalue weighted by Crippen LogP contribution is 2.28. The number of halogens is 1. The molecule has 3 aromatic rings. The summed E-state index contributed by atoms with van der Waals surface area (Å²) in [5, 5.41) is 10.3. The van der Waals surface area contributed by atoms with Crippen molar-refractivity contribution in [3.05, 3.63) is 64.7 Å². The van der Waals surface area contributed by atoms with E-state index in [-0.39, 0.29) is 30.7 Å². The molecular weight excluding hydrogens is 499 g/mol. The molecule has 0 saturated heterocycles. The number of carbonyl (C=O) groups is 2. The molecule has 0 fully saturated rings. The maximum Gasteiger partial charge on any atom is 0.257 e. The Morgan fingerprint density at radius 3 is 2.59 bits per heavy atom. The zero-order chi connectivity index (χ0) is 28.1. The van der Waals surface area contributed by atoms with Crippen LogP contribution in [0.15, 0.2) is 40.9 Å². The van der Waals surface area contributed by atoms with Gasteiger partial charge in [0.25, 0.3) is 11.8 Å². The van der Waals surface area contributed by atoms with Gasteiger partial charge in [-0.15, -0.1) is 0 Å². The van der Waals surface area contributed by atoms with Crippen molar-refractivity contribution in [1.82, 2.24) is 25.5 Å². The van der Waals surface area contributed by atoms with Crippen molar-refractivity contribution < 1.29 is 18.5 Å². The molecule has 0 radical (unpaired) electrons. The van der Waals surface area contributed by atoms with Crippen molar-refractivity contribution in [1.29, 1.82) is 0 Å². The largest absolute Gasteiger partial charge is 0.355 e. The first-order chi connectivity index (χ1) is 18.6. The third-order valence-corrected chi connectivity index (χ3v) is 6.92. The number of nitrogens with one attached hydrogen (secondary N) is 1. The van der Waals surface area contributed by atoms with Gasteiger partial charge in [-0.25, -0.2) is 9.40 Å². The number of hydrazine groups is 1. The van der Waals surface area contributed by atoms with Crippen LogP contribution >= 0.6 is 0 Å². The maximum atomic E-state index is 13.7. The van der Waals surface area contributed by atoms with Gasteiger partial charge in [0.05, 0.1) is 13.1 Å². The van der Waals surface area contributed by atoms with Gasteiger partial charge in [0.1, 0.15) is 5.82 Å². The molecule has 2 aromatic carbocycles. The normalized spacial score (nSPS) is 13.0. The Morgan fingerprint density at radius 2 is 1.87 bits per heavy atom. The third-order valence-electron chi connectivity index (χ3n) is 6.92. The van der Waals surface area contributed by atoms with E-state index >= 15 is 0 Å². The van der Waals surface area contributed by atoms with Crippen molar-refractivity contribution >= 4 is 17.5 Å². The van der Waals surface area contributed by atoms with E-state index < -0.39 is 0 Å². The van der Waals surface area contributed by atoms with Gasteiger partial charge < -0.3 is 14.7 Å². The van der Waals surface area contributed by atoms with Gasteiger partial charge in [-0.3, -0.25) is 14.6 Å². The summed E-state index contributed by atoms with van der Waals surface area (Å²) in [4.78, 5) is 32.6. The lowest BCUT2D eigenvalue weighted by Gasteiger charge is -2.32. The van der Waals surface area contributed by atoms with Crippen molar-refractivity contribution in [3.63, 3.8) is 0 Å². The zero-order valence-electron chi connectivity index (χ0n) is 23.3. The van der Waals surface area contributed by atoms with Crippen molar-refractivity contribution in [2.45, 2.75) is 53.6 Å². The summed E-state index contributed by atoms with van der Waals surface area (Å²) in [6.07, 6.45) is 1.92. The number of carbonyl (C=O) groups excluding carboxylic acids is 2. The average molecular weight is 537 g/mol. The standard InChI is InChI=1S/C29H37FN6O3/c1-19(2)7-6-12-31-27(37)17-35(26-14-22(9-8-20(26)3)29-32-21(4)33-39-29)18-28(38)34(5)36-15-23-10-11-25(30)13-24(23)16-36/h8-11,13-14,19H,6-7,12,15-18H2,1-5H3,(H,31,37). The molecule has 0 saturated carbocycles. The molecule has 0 aliphatic carbocycles. The summed E-state index contributed by atoms with van der Waals surface area (Å²) in [5.41, 5.74) is 4.20. The highest BCUT2D eigenvalue weighted by atomic mass is 19.1. The fourth-order valence-electron chi connectivity index (χ4n) is 4.67. The molecule has 0 bridgehead atoms. The molecular formula is C29H37FN6O3.